The molecular weight excluding hydrogens is 464 g/mol. The summed E-state index contributed by atoms with van der Waals surface area (Å²) in [7, 11) is 1.62. The van der Waals surface area contributed by atoms with E-state index in [0.717, 1.165) is 33.8 Å². The summed E-state index contributed by atoms with van der Waals surface area (Å²) in [5.74, 6) is 0.571. The van der Waals surface area contributed by atoms with E-state index in [-0.39, 0.29) is 5.91 Å². The van der Waals surface area contributed by atoms with E-state index >= 15 is 0 Å². The highest BCUT2D eigenvalue weighted by Gasteiger charge is 2.19. The van der Waals surface area contributed by atoms with Crippen LogP contribution in [-0.4, -0.2) is 28.2 Å². The second kappa shape index (κ2) is 10.5. The average molecular weight is 487 g/mol. The Hall–Kier alpha value is -3.67. The monoisotopic (exact) mass is 486 g/mol. The van der Waals surface area contributed by atoms with Crippen LogP contribution in [0.5, 0.6) is 5.75 Å². The summed E-state index contributed by atoms with van der Waals surface area (Å²) in [6.07, 6.45) is 0. The number of ether oxygens (including phenoxy) is 1. The van der Waals surface area contributed by atoms with Gasteiger partial charge in [0.25, 0.3) is 0 Å². The molecule has 1 N–H and O–H groups in total. The van der Waals surface area contributed by atoms with Gasteiger partial charge < -0.3 is 10.1 Å². The van der Waals surface area contributed by atoms with Crippen molar-refractivity contribution < 1.29 is 9.53 Å². The van der Waals surface area contributed by atoms with E-state index < -0.39 is 5.25 Å². The minimum atomic E-state index is -0.471. The molecule has 0 spiro atoms. The molecule has 4 aromatic rings. The van der Waals surface area contributed by atoms with Crippen LogP contribution in [0.15, 0.2) is 71.1 Å². The Bertz CT molecular complexity index is 1340. The Labute approximate surface area is 206 Å². The number of rotatable bonds is 7. The molecule has 8 heteroatoms. The van der Waals surface area contributed by atoms with E-state index in [1.54, 1.807) is 20.1 Å². The molecule has 0 saturated heterocycles. The number of anilines is 1. The predicted molar refractivity (Wildman–Crippen MR) is 137 cm³/mol. The van der Waals surface area contributed by atoms with E-state index in [1.165, 1.54) is 23.1 Å². The van der Waals surface area contributed by atoms with Crippen molar-refractivity contribution in [3.63, 3.8) is 0 Å². The lowest BCUT2D eigenvalue weighted by Crippen LogP contribution is -2.22. The molecule has 170 valence electrons. The van der Waals surface area contributed by atoms with Crippen LogP contribution in [-0.2, 0) is 4.79 Å². The van der Waals surface area contributed by atoms with Crippen molar-refractivity contribution in [1.82, 2.24) is 9.97 Å². The summed E-state index contributed by atoms with van der Waals surface area (Å²) >= 11 is 2.62. The first kappa shape index (κ1) is 23.5. The number of nitrogens with zero attached hydrogens (tertiary/aromatic N) is 3. The third-order valence-electron chi connectivity index (χ3n) is 5.11. The number of aryl methyl sites for hydroxylation is 1. The average Bonchev–Trinajstić information content (AvgIpc) is 3.33. The number of nitriles is 1. The zero-order valence-corrected chi connectivity index (χ0v) is 20.5. The fourth-order valence-corrected chi connectivity index (χ4v) is 4.77. The van der Waals surface area contributed by atoms with Crippen LogP contribution in [0.1, 0.15) is 18.1 Å². The smallest absolute Gasteiger partial charge is 0.239 e. The van der Waals surface area contributed by atoms with Crippen molar-refractivity contribution in [1.29, 1.82) is 5.26 Å². The van der Waals surface area contributed by atoms with Crippen LogP contribution in [0, 0.1) is 18.3 Å². The van der Waals surface area contributed by atoms with Crippen molar-refractivity contribution in [3.8, 4) is 34.3 Å². The van der Waals surface area contributed by atoms with Crippen molar-refractivity contribution in [2.75, 3.05) is 12.4 Å². The van der Waals surface area contributed by atoms with E-state index in [0.29, 0.717) is 15.7 Å². The molecule has 1 unspecified atom stereocenters. The highest BCUT2D eigenvalue weighted by Crippen LogP contribution is 2.30. The Kier molecular flexibility index (Phi) is 7.26. The minimum absolute atomic E-state index is 0.202. The minimum Gasteiger partial charge on any atom is -0.497 e. The lowest BCUT2D eigenvalue weighted by atomic mass is 10.1. The van der Waals surface area contributed by atoms with Crippen molar-refractivity contribution >= 4 is 34.1 Å². The number of aromatic nitrogens is 2. The van der Waals surface area contributed by atoms with Gasteiger partial charge in [0.1, 0.15) is 16.8 Å². The fourth-order valence-electron chi connectivity index (χ4n) is 3.15. The van der Waals surface area contributed by atoms with E-state index in [9.17, 15) is 10.1 Å². The first-order valence-corrected chi connectivity index (χ1v) is 12.3. The number of carbonyl (C=O) groups excluding carboxylic acids is 1. The number of methoxy groups -OCH3 is 1. The molecule has 0 aliphatic rings. The first-order valence-electron chi connectivity index (χ1n) is 10.5. The van der Waals surface area contributed by atoms with Gasteiger partial charge in [-0.3, -0.25) is 4.79 Å². The molecule has 2 aromatic heterocycles. The van der Waals surface area contributed by atoms with Crippen molar-refractivity contribution in [2.45, 2.75) is 24.1 Å². The molecule has 2 aromatic carbocycles. The summed E-state index contributed by atoms with van der Waals surface area (Å²) in [6, 6.07) is 21.4. The molecule has 0 bridgehead atoms. The van der Waals surface area contributed by atoms with Crippen molar-refractivity contribution in [3.05, 3.63) is 77.2 Å². The number of hydrogen-bond donors (Lipinski definition) is 1. The maximum absolute atomic E-state index is 12.8. The van der Waals surface area contributed by atoms with Crippen molar-refractivity contribution in [2.24, 2.45) is 0 Å². The van der Waals surface area contributed by atoms with Gasteiger partial charge in [0.2, 0.25) is 5.91 Å². The summed E-state index contributed by atoms with van der Waals surface area (Å²) in [5, 5.41) is 14.9. The molecule has 1 amide bonds. The SMILES string of the molecule is COc1ccc(-c2csc(NC(=O)C(C)Sc3nc(-c4ccc(C)cc4)ccc3C#N)n2)cc1. The number of amides is 1. The number of carbonyl (C=O) groups is 1. The number of hydrogen-bond acceptors (Lipinski definition) is 7. The van der Waals surface area contributed by atoms with Crippen LogP contribution in [0.3, 0.4) is 0 Å². The standard InChI is InChI=1S/C26H22N4O2S2/c1-16-4-6-18(7-5-16)22-13-10-20(14-27)25(28-22)34-17(2)24(31)30-26-29-23(15-33-26)19-8-11-21(32-3)12-9-19/h4-13,15,17H,1-3H3,(H,29,30,31). The summed E-state index contributed by atoms with van der Waals surface area (Å²) in [5.41, 5.74) is 5.05. The molecule has 34 heavy (non-hydrogen) atoms. The molecule has 2 heterocycles. The van der Waals surface area contributed by atoms with Gasteiger partial charge in [-0.05, 0) is 50.2 Å². The molecular formula is C26H22N4O2S2. The molecule has 0 radical (unpaired) electrons. The zero-order valence-electron chi connectivity index (χ0n) is 18.9. The van der Waals surface area contributed by atoms with Gasteiger partial charge >= 0.3 is 0 Å². The van der Waals surface area contributed by atoms with Gasteiger partial charge in [0.05, 0.1) is 29.3 Å². The lowest BCUT2D eigenvalue weighted by molar-refractivity contribution is -0.115. The maximum atomic E-state index is 12.8. The molecule has 1 atom stereocenters. The Morgan fingerprint density at radius 3 is 2.38 bits per heavy atom. The second-order valence-electron chi connectivity index (χ2n) is 7.54. The fraction of sp³-hybridized carbons (Fsp3) is 0.154. The van der Waals surface area contributed by atoms with Gasteiger partial charge in [0.15, 0.2) is 5.13 Å². The lowest BCUT2D eigenvalue weighted by Gasteiger charge is -2.12. The van der Waals surface area contributed by atoms with Crippen LogP contribution in [0.25, 0.3) is 22.5 Å². The van der Waals surface area contributed by atoms with Gasteiger partial charge in [-0.2, -0.15) is 5.26 Å². The summed E-state index contributed by atoms with van der Waals surface area (Å²) in [6.45, 7) is 3.82. The van der Waals surface area contributed by atoms with Crippen LogP contribution < -0.4 is 10.1 Å². The highest BCUT2D eigenvalue weighted by molar-refractivity contribution is 8.00. The Balaban J connectivity index is 1.46. The molecule has 0 aliphatic carbocycles. The maximum Gasteiger partial charge on any atom is 0.239 e. The largest absolute Gasteiger partial charge is 0.497 e. The van der Waals surface area contributed by atoms with Gasteiger partial charge in [-0.25, -0.2) is 9.97 Å². The molecule has 6 nitrogen and oxygen atoms in total. The van der Waals surface area contributed by atoms with Crippen LogP contribution in [0.2, 0.25) is 0 Å². The van der Waals surface area contributed by atoms with E-state index in [1.807, 2.05) is 66.9 Å². The van der Waals surface area contributed by atoms with Crippen LogP contribution in [0.4, 0.5) is 5.13 Å². The normalized spacial score (nSPS) is 11.5. The first-order chi connectivity index (χ1) is 16.5. The van der Waals surface area contributed by atoms with Gasteiger partial charge in [-0.1, -0.05) is 41.6 Å². The third kappa shape index (κ3) is 5.45. The molecule has 0 saturated carbocycles. The summed E-state index contributed by atoms with van der Waals surface area (Å²) in [4.78, 5) is 22.0. The van der Waals surface area contributed by atoms with Crippen LogP contribution >= 0.6 is 23.1 Å². The topological polar surface area (TPSA) is 87.9 Å². The van der Waals surface area contributed by atoms with Gasteiger partial charge in [-0.15, -0.1) is 11.3 Å². The molecule has 0 aliphatic heterocycles. The Morgan fingerprint density at radius 1 is 1.03 bits per heavy atom. The third-order valence-corrected chi connectivity index (χ3v) is 6.97. The number of thiazole rings is 1. The summed E-state index contributed by atoms with van der Waals surface area (Å²) < 4.78 is 5.19. The number of thioether (sulfide) groups is 1. The quantitative estimate of drug-likeness (QED) is 0.314. The Morgan fingerprint density at radius 2 is 1.71 bits per heavy atom. The predicted octanol–water partition coefficient (Wildman–Crippen LogP) is 6.18. The van der Waals surface area contributed by atoms with E-state index in [2.05, 4.69) is 21.4 Å². The second-order valence-corrected chi connectivity index (χ2v) is 9.73. The number of pyridine rings is 1. The number of benzene rings is 2. The van der Waals surface area contributed by atoms with Gasteiger partial charge in [0, 0.05) is 16.5 Å². The van der Waals surface area contributed by atoms with E-state index in [4.69, 9.17) is 4.74 Å². The molecule has 0 fully saturated rings. The zero-order chi connectivity index (χ0) is 24.1. The molecule has 4 rings (SSSR count). The number of nitrogens with one attached hydrogen (secondary N) is 1. The highest BCUT2D eigenvalue weighted by atomic mass is 32.2.